The molecule has 0 spiro atoms. The van der Waals surface area contributed by atoms with Gasteiger partial charge in [-0.2, -0.15) is 5.10 Å². The van der Waals surface area contributed by atoms with E-state index in [2.05, 4.69) is 77.1 Å². The van der Waals surface area contributed by atoms with Gasteiger partial charge in [-0.3, -0.25) is 4.79 Å². The molecular formula is C27H30N4OS. The minimum atomic E-state index is 0.0215. The van der Waals surface area contributed by atoms with E-state index in [0.29, 0.717) is 17.5 Å². The molecule has 6 heteroatoms. The summed E-state index contributed by atoms with van der Waals surface area (Å²) in [6.45, 7) is 12.3. The number of nitrogens with zero attached hydrogens (tertiary/aromatic N) is 4. The maximum atomic E-state index is 13.4. The Morgan fingerprint density at radius 3 is 2.61 bits per heavy atom. The van der Waals surface area contributed by atoms with Crippen LogP contribution in [0.5, 0.6) is 0 Å². The van der Waals surface area contributed by atoms with Crippen LogP contribution in [-0.4, -0.2) is 38.7 Å². The lowest BCUT2D eigenvalue weighted by Gasteiger charge is -2.14. The van der Waals surface area contributed by atoms with E-state index >= 15 is 0 Å². The van der Waals surface area contributed by atoms with Crippen molar-refractivity contribution in [3.8, 4) is 16.4 Å². The maximum absolute atomic E-state index is 13.4. The Kier molecular flexibility index (Phi) is 5.57. The molecule has 33 heavy (non-hydrogen) atoms. The van der Waals surface area contributed by atoms with Crippen molar-refractivity contribution in [3.05, 3.63) is 64.2 Å². The Balaban J connectivity index is 1.66. The minimum absolute atomic E-state index is 0.0215. The van der Waals surface area contributed by atoms with Gasteiger partial charge in [0.05, 0.1) is 11.2 Å². The third-order valence-corrected chi connectivity index (χ3v) is 7.72. The number of aryl methyl sites for hydroxylation is 2. The molecule has 0 radical (unpaired) electrons. The van der Waals surface area contributed by atoms with Crippen LogP contribution in [0.1, 0.15) is 59.6 Å². The first-order chi connectivity index (χ1) is 15.8. The summed E-state index contributed by atoms with van der Waals surface area (Å²) in [6.07, 6.45) is 1.05. The number of carbonyl (C=O) groups is 1. The molecule has 0 N–H and O–H groups in total. The summed E-state index contributed by atoms with van der Waals surface area (Å²) in [5, 5.41) is 6.57. The second kappa shape index (κ2) is 8.41. The van der Waals surface area contributed by atoms with Crippen molar-refractivity contribution in [2.45, 2.75) is 47.0 Å². The fourth-order valence-corrected chi connectivity index (χ4v) is 5.66. The van der Waals surface area contributed by atoms with Gasteiger partial charge in [0.25, 0.3) is 5.91 Å². The summed E-state index contributed by atoms with van der Waals surface area (Å²) in [6, 6.07) is 14.7. The van der Waals surface area contributed by atoms with E-state index in [0.717, 1.165) is 52.4 Å². The van der Waals surface area contributed by atoms with E-state index < -0.39 is 0 Å². The highest BCUT2D eigenvalue weighted by Crippen LogP contribution is 2.37. The Labute approximate surface area is 199 Å². The second-order valence-corrected chi connectivity index (χ2v) is 10.7. The smallest absolute Gasteiger partial charge is 0.275 e. The Hall–Kier alpha value is -2.99. The normalized spacial score (nSPS) is 16.3. The highest BCUT2D eigenvalue weighted by atomic mass is 32.1. The van der Waals surface area contributed by atoms with Gasteiger partial charge in [0.2, 0.25) is 5.13 Å². The number of benzene rings is 2. The SMILES string of the molecule is Cc1cccc(-c2nc(-n3nc(C(=O)N4CC[C@@H](C)C4)c4cc(C)ccc43)sc2C(C)C)c1. The molecule has 2 aromatic carbocycles. The number of hydrogen-bond acceptors (Lipinski definition) is 4. The van der Waals surface area contributed by atoms with E-state index in [9.17, 15) is 4.79 Å². The summed E-state index contributed by atoms with van der Waals surface area (Å²) >= 11 is 1.66. The van der Waals surface area contributed by atoms with Crippen molar-refractivity contribution < 1.29 is 4.79 Å². The van der Waals surface area contributed by atoms with Gasteiger partial charge >= 0.3 is 0 Å². The van der Waals surface area contributed by atoms with Crippen molar-refractivity contribution in [1.82, 2.24) is 19.7 Å². The lowest BCUT2D eigenvalue weighted by atomic mass is 10.0. The molecule has 1 amide bonds. The molecule has 170 valence electrons. The van der Waals surface area contributed by atoms with Crippen LogP contribution >= 0.6 is 11.3 Å². The van der Waals surface area contributed by atoms with Crippen LogP contribution < -0.4 is 0 Å². The zero-order chi connectivity index (χ0) is 23.3. The standard InChI is InChI=1S/C27H30N4OS/c1-16(2)25-23(20-8-6-7-17(3)13-20)28-27(33-25)31-22-10-9-18(4)14-21(22)24(29-31)26(32)30-12-11-19(5)15-30/h6-10,13-14,16,19H,11-12,15H2,1-5H3/t19-/m1/s1. The number of amides is 1. The molecule has 1 fully saturated rings. The van der Waals surface area contributed by atoms with Crippen molar-refractivity contribution in [2.75, 3.05) is 13.1 Å². The molecule has 5 nitrogen and oxygen atoms in total. The first kappa shape index (κ1) is 21.8. The zero-order valence-electron chi connectivity index (χ0n) is 19.9. The molecule has 0 unspecified atom stereocenters. The zero-order valence-corrected chi connectivity index (χ0v) is 20.7. The lowest BCUT2D eigenvalue weighted by molar-refractivity contribution is 0.0783. The average Bonchev–Trinajstić information content (AvgIpc) is 3.49. The topological polar surface area (TPSA) is 51.0 Å². The van der Waals surface area contributed by atoms with Crippen LogP contribution in [0.2, 0.25) is 0 Å². The van der Waals surface area contributed by atoms with Crippen LogP contribution in [0.4, 0.5) is 0 Å². The second-order valence-electron chi connectivity index (χ2n) is 9.66. The van der Waals surface area contributed by atoms with Gasteiger partial charge in [0.1, 0.15) is 0 Å². The maximum Gasteiger partial charge on any atom is 0.275 e. The third kappa shape index (κ3) is 3.97. The number of hydrogen-bond donors (Lipinski definition) is 0. The van der Waals surface area contributed by atoms with E-state index in [1.165, 1.54) is 10.4 Å². The van der Waals surface area contributed by atoms with Crippen molar-refractivity contribution in [1.29, 1.82) is 0 Å². The first-order valence-electron chi connectivity index (χ1n) is 11.7. The number of likely N-dealkylation sites (tertiary alicyclic amines) is 1. The molecule has 1 aliphatic heterocycles. The van der Waals surface area contributed by atoms with E-state index in [4.69, 9.17) is 10.1 Å². The van der Waals surface area contributed by atoms with Crippen LogP contribution in [0.3, 0.4) is 0 Å². The Morgan fingerprint density at radius 1 is 1.12 bits per heavy atom. The number of fused-ring (bicyclic) bond motifs is 1. The van der Waals surface area contributed by atoms with Crippen molar-refractivity contribution in [2.24, 2.45) is 5.92 Å². The van der Waals surface area contributed by atoms with E-state index in [-0.39, 0.29) is 5.91 Å². The number of rotatable bonds is 4. The van der Waals surface area contributed by atoms with Crippen LogP contribution in [0.15, 0.2) is 42.5 Å². The Morgan fingerprint density at radius 2 is 1.91 bits per heavy atom. The predicted octanol–water partition coefficient (Wildman–Crippen LogP) is 6.37. The summed E-state index contributed by atoms with van der Waals surface area (Å²) < 4.78 is 1.87. The summed E-state index contributed by atoms with van der Waals surface area (Å²) in [5.41, 5.74) is 5.91. The Bertz CT molecular complexity index is 1350. The van der Waals surface area contributed by atoms with Gasteiger partial charge in [-0.15, -0.1) is 0 Å². The molecule has 3 heterocycles. The molecule has 0 aliphatic carbocycles. The van der Waals surface area contributed by atoms with Gasteiger partial charge in [0.15, 0.2) is 5.69 Å². The highest BCUT2D eigenvalue weighted by molar-refractivity contribution is 7.14. The number of thiazole rings is 1. The van der Waals surface area contributed by atoms with Crippen LogP contribution in [-0.2, 0) is 0 Å². The minimum Gasteiger partial charge on any atom is -0.337 e. The van der Waals surface area contributed by atoms with Gasteiger partial charge in [-0.05, 0) is 50.3 Å². The molecule has 1 saturated heterocycles. The molecule has 1 atom stereocenters. The van der Waals surface area contributed by atoms with Crippen molar-refractivity contribution >= 4 is 28.1 Å². The largest absolute Gasteiger partial charge is 0.337 e. The van der Waals surface area contributed by atoms with Gasteiger partial charge < -0.3 is 4.90 Å². The molecule has 1 aliphatic rings. The van der Waals surface area contributed by atoms with Gasteiger partial charge in [-0.1, -0.05) is 67.5 Å². The molecule has 5 rings (SSSR count). The molecule has 0 bridgehead atoms. The first-order valence-corrected chi connectivity index (χ1v) is 12.5. The average molecular weight is 459 g/mol. The molecular weight excluding hydrogens is 428 g/mol. The predicted molar refractivity (Wildman–Crippen MR) is 135 cm³/mol. The number of carbonyl (C=O) groups excluding carboxylic acids is 1. The fraction of sp³-hybridized carbons (Fsp3) is 0.370. The summed E-state index contributed by atoms with van der Waals surface area (Å²) in [5.74, 6) is 0.893. The summed E-state index contributed by atoms with van der Waals surface area (Å²) in [7, 11) is 0. The molecule has 4 aromatic rings. The van der Waals surface area contributed by atoms with E-state index in [1.807, 2.05) is 9.58 Å². The lowest BCUT2D eigenvalue weighted by Crippen LogP contribution is -2.29. The molecule has 0 saturated carbocycles. The third-order valence-electron chi connectivity index (χ3n) is 6.39. The van der Waals surface area contributed by atoms with Crippen molar-refractivity contribution in [3.63, 3.8) is 0 Å². The van der Waals surface area contributed by atoms with Crippen LogP contribution in [0.25, 0.3) is 27.3 Å². The number of aromatic nitrogens is 3. The van der Waals surface area contributed by atoms with Gasteiger partial charge in [-0.25, -0.2) is 9.67 Å². The summed E-state index contributed by atoms with van der Waals surface area (Å²) in [4.78, 5) is 21.7. The fourth-order valence-electron chi connectivity index (χ4n) is 4.61. The van der Waals surface area contributed by atoms with E-state index in [1.54, 1.807) is 11.3 Å². The van der Waals surface area contributed by atoms with Gasteiger partial charge in [0, 0.05) is 28.9 Å². The monoisotopic (exact) mass is 458 g/mol. The highest BCUT2D eigenvalue weighted by Gasteiger charge is 2.29. The van der Waals surface area contributed by atoms with Crippen LogP contribution in [0, 0.1) is 19.8 Å². The quantitative estimate of drug-likeness (QED) is 0.357. The molecule has 2 aromatic heterocycles.